The maximum absolute atomic E-state index is 12.9. The minimum atomic E-state index is -5.92. The summed E-state index contributed by atoms with van der Waals surface area (Å²) in [5.74, 6) is -5.36. The monoisotopic (exact) mass is 2230 g/mol. The highest BCUT2D eigenvalue weighted by Crippen LogP contribution is 2.60. The molecule has 2 atom stereocenters. The third kappa shape index (κ3) is 84.6. The van der Waals surface area contributed by atoms with Gasteiger partial charge in [-0.05, 0) is 114 Å². The number of hydrogen-bond acceptors (Lipinski definition) is 31. The predicted octanol–water partition coefficient (Wildman–Crippen LogP) is 7.97. The molecule has 5 aliphatic rings. The smallest absolute Gasteiger partial charge is 0.480 e. The summed E-state index contributed by atoms with van der Waals surface area (Å²) in [4.78, 5) is 25.5. The van der Waals surface area contributed by atoms with Crippen LogP contribution in [0.4, 0.5) is 39.5 Å². The van der Waals surface area contributed by atoms with Crippen LogP contribution >= 0.6 is 0 Å². The molecule has 0 radical (unpaired) electrons. The molecule has 5 fully saturated rings. The van der Waals surface area contributed by atoms with Crippen molar-refractivity contribution >= 4 is 82.4 Å². The fraction of sp³-hybridized carbons (Fsp3) is 0.910. The Bertz CT molecular complexity index is 3990. The lowest BCUT2D eigenvalue weighted by Gasteiger charge is -2.55. The van der Waals surface area contributed by atoms with Crippen LogP contribution in [-0.4, -0.2) is 404 Å². The van der Waals surface area contributed by atoms with E-state index in [4.69, 9.17) is 61.8 Å². The minimum Gasteiger partial charge on any atom is -0.748 e. The molecular weight excluding hydrogens is 2060 g/mol. The molecule has 4 bridgehead atoms. The van der Waals surface area contributed by atoms with E-state index in [1.807, 2.05) is 0 Å². The van der Waals surface area contributed by atoms with E-state index in [-0.39, 0.29) is 44.0 Å². The summed E-state index contributed by atoms with van der Waals surface area (Å²) in [6.07, 6.45) is 10.8. The van der Waals surface area contributed by atoms with E-state index in [9.17, 15) is 109 Å². The largest absolute Gasteiger partial charge is 0.748 e. The van der Waals surface area contributed by atoms with E-state index in [0.29, 0.717) is 103 Å². The average Bonchev–Trinajstić information content (AvgIpc) is 0.737. The first-order valence-electron chi connectivity index (χ1n) is 48.8. The topological polar surface area (TPSA) is 534 Å². The highest BCUT2D eigenvalue weighted by molar-refractivity contribution is 8.13. The van der Waals surface area contributed by atoms with Gasteiger partial charge in [-0.15, -0.1) is 0 Å². The Kier molecular flexibility index (Phi) is 82.1. The molecule has 4 aliphatic carbocycles. The molecule has 1 aromatic rings. The van der Waals surface area contributed by atoms with Crippen LogP contribution in [0, 0.1) is 23.2 Å². The molecule has 2 unspecified atom stereocenters. The summed E-state index contributed by atoms with van der Waals surface area (Å²) in [5, 5.41) is 33.7. The van der Waals surface area contributed by atoms with Crippen LogP contribution in [0.25, 0.3) is 8.25 Å². The van der Waals surface area contributed by atoms with Crippen molar-refractivity contribution in [2.75, 3.05) is 256 Å². The number of aliphatic hydroxyl groups is 4. The Morgan fingerprint density at radius 3 is 0.972 bits per heavy atom. The maximum atomic E-state index is 12.9. The third-order valence-corrected chi connectivity index (χ3v) is 29.5. The molecule has 4 saturated carbocycles. The fourth-order valence-corrected chi connectivity index (χ4v) is 21.8. The molecule has 6 rings (SSSR count). The molecule has 143 heavy (non-hydrogen) atoms. The van der Waals surface area contributed by atoms with Gasteiger partial charge in [0.15, 0.2) is 10.0 Å². The first-order chi connectivity index (χ1) is 66.2. The van der Waals surface area contributed by atoms with Crippen LogP contribution in [0.1, 0.15) is 215 Å². The summed E-state index contributed by atoms with van der Waals surface area (Å²) in [6.45, 7) is 41.3. The van der Waals surface area contributed by atoms with E-state index in [0.717, 1.165) is 74.6 Å². The standard InChI is InChI=1S/2C16H36N.C15H33NO6.C14H19F3O5S.C10H16N.C6H9F3O6S.C6H15NO3.C3H6NO4S2.C2H3F3NO4S2.CH4O3S/c2*1-5-9-13-17(14-10-6-2,15-11-7-3)16-12-8-4;1-17-10-13-20-7-4-16(5-8-21-14-11-18-2)6-9-22-15-12-19-3;15-14(16,17)11(7-23(19,20)21)22-12(18)13-4-8-1-9(5-13)3-10(2-8)6-13;1-11(2,3)9-10-7-5-4-6-8-10;7-6(8,9)4(3-16(12,13)14)15-5(11)1-2-10;8-4-1-7(2-5-9)3-6-10;5-9(6)2-1-3-10(7,8)4-9;1-11(7,8)6-12(9,10)2(3,4)5;1-5(2,3)4/h2*5-16H2,1-4H3;4-15H2,1-3H3;8-11H,1-7H2,(H,19,20,21);4-8H,9H2,1-3H3;4,10H,1-3H2,(H,12,13,14);8-10H,1-6H2;1-3H2;1H3;1H3,(H,2,3,4)/q2*+1;;;+1;;;2*-1;/p-1. The number of benzene rings is 1. The van der Waals surface area contributed by atoms with Gasteiger partial charge in [0.1, 0.15) is 45.8 Å². The number of rotatable bonds is 61. The zero-order chi connectivity index (χ0) is 111. The zero-order valence-corrected chi connectivity index (χ0v) is 92.9. The molecule has 6 N–H and O–H groups in total. The summed E-state index contributed by atoms with van der Waals surface area (Å²) < 4.78 is 329. The molecule has 0 spiro atoms. The lowest BCUT2D eigenvalue weighted by atomic mass is 9.49. The number of carbonyl (C=O) groups is 2. The van der Waals surface area contributed by atoms with Crippen LogP contribution in [0.15, 0.2) is 30.3 Å². The maximum Gasteiger partial charge on any atom is 0.480 e. The Morgan fingerprint density at radius 1 is 0.469 bits per heavy atom. The molecule has 858 valence electrons. The quantitative estimate of drug-likeness (QED) is 0.0118. The number of halogens is 9. The van der Waals surface area contributed by atoms with Crippen molar-refractivity contribution in [1.29, 1.82) is 0 Å². The van der Waals surface area contributed by atoms with Crippen LogP contribution in [0.2, 0.25) is 0 Å². The van der Waals surface area contributed by atoms with Gasteiger partial charge in [0.25, 0.3) is 0 Å². The number of methoxy groups -OCH3 is 3. The number of quaternary nitrogens is 5. The second kappa shape index (κ2) is 79.4. The Balaban J connectivity index is -0.000000503. The number of alkyl halides is 9. The number of ether oxygens (including phenoxy) is 8. The highest BCUT2D eigenvalue weighted by Gasteiger charge is 2.57. The molecular formula is C89H176F9N7O31S7. The number of nitrogens with zero attached hydrogens (tertiary/aromatic N) is 5. The number of unbranched alkanes of at least 4 members (excludes halogenated alkanes) is 8. The van der Waals surface area contributed by atoms with Crippen molar-refractivity contribution in [3.63, 3.8) is 0 Å². The van der Waals surface area contributed by atoms with Gasteiger partial charge in [-0.3, -0.25) is 9.59 Å². The van der Waals surface area contributed by atoms with Crippen molar-refractivity contribution in [2.24, 2.45) is 23.2 Å². The van der Waals surface area contributed by atoms with E-state index < -0.39 is 142 Å². The number of esters is 2. The summed E-state index contributed by atoms with van der Waals surface area (Å²) in [7, 11) is -20.4. The molecule has 1 aromatic carbocycles. The Morgan fingerprint density at radius 2 is 0.755 bits per heavy atom. The second-order valence-electron chi connectivity index (χ2n) is 36.7. The summed E-state index contributed by atoms with van der Waals surface area (Å²) in [5.41, 5.74) is -5.19. The highest BCUT2D eigenvalue weighted by atomic mass is 32.3. The molecule has 54 heteroatoms. The molecule has 0 aromatic heterocycles. The number of carbonyl (C=O) groups excluding carboxylic acids is 2. The van der Waals surface area contributed by atoms with Crippen LogP contribution in [0.3, 0.4) is 0 Å². The van der Waals surface area contributed by atoms with E-state index in [1.165, 1.54) is 175 Å². The number of aliphatic hydroxyl groups excluding tert-OH is 4. The van der Waals surface area contributed by atoms with Crippen LogP contribution in [0.5, 0.6) is 0 Å². The number of hydrogen-bond donors (Lipinski definition) is 6. The van der Waals surface area contributed by atoms with Crippen LogP contribution in [-0.2, 0) is 124 Å². The van der Waals surface area contributed by atoms with Gasteiger partial charge in [0.2, 0.25) is 12.2 Å². The van der Waals surface area contributed by atoms with Gasteiger partial charge in [-0.1, -0.05) is 137 Å². The van der Waals surface area contributed by atoms with Crippen molar-refractivity contribution in [2.45, 2.75) is 246 Å². The van der Waals surface area contributed by atoms with Gasteiger partial charge < -0.3 is 103 Å². The zero-order valence-electron chi connectivity index (χ0n) is 87.2. The SMILES string of the molecule is CCCC[N+](CCCC)(CCCC)CCCC.CCCC[N+](CCCC)(CCCC)CCCC.COCCOCC[NH+](CCOCCOC)CCOCCOC.CS(=O)(=O)[N-]S(=O)(=O)C(F)(F)F.CS(=O)(=O)[O-].C[N+](C)(C)Cc1ccccc1.O=C(CCO)OC(CS(=O)(=O)[O-])C(F)(F)F.O=C(OC(CS(=O)(=O)[O-])C(F)(F)F)C12CC3CC(CC(C3)C1)C2.O=S1(=O)CCCS(=O)(=O)[N-]1.OCC[NH+](CCO)CCO. The van der Waals surface area contributed by atoms with Gasteiger partial charge in [-0.25, -0.2) is 58.9 Å². The van der Waals surface area contributed by atoms with Gasteiger partial charge in [0.05, 0.1) is 243 Å². The Labute approximate surface area is 849 Å². The Hall–Kier alpha value is -3.62. The van der Waals surface area contributed by atoms with Gasteiger partial charge >= 0.3 is 29.8 Å². The first-order valence-corrected chi connectivity index (χ1v) is 60.3. The number of sulfonamides is 4. The second-order valence-corrected chi connectivity index (χ2v) is 48.3. The fourth-order valence-electron chi connectivity index (χ4n) is 15.6. The predicted molar refractivity (Wildman–Crippen MR) is 525 cm³/mol. The van der Waals surface area contributed by atoms with E-state index in [1.54, 1.807) is 25.5 Å². The van der Waals surface area contributed by atoms with E-state index in [2.05, 4.69) is 120 Å². The number of nitrogens with one attached hydrogen (secondary N) is 2. The molecule has 1 heterocycles. The minimum absolute atomic E-state index is 0.106. The molecule has 1 saturated heterocycles. The van der Waals surface area contributed by atoms with Crippen molar-refractivity contribution in [3.8, 4) is 0 Å². The van der Waals surface area contributed by atoms with Crippen molar-refractivity contribution in [1.82, 2.24) is 0 Å². The van der Waals surface area contributed by atoms with Gasteiger partial charge in [-0.2, -0.15) is 39.5 Å². The summed E-state index contributed by atoms with van der Waals surface area (Å²) in [6, 6.07) is 10.6. The van der Waals surface area contributed by atoms with Crippen molar-refractivity contribution < 1.29 is 203 Å². The summed E-state index contributed by atoms with van der Waals surface area (Å²) >= 11 is 0. The molecule has 0 amide bonds. The lowest BCUT2D eigenvalue weighted by Crippen LogP contribution is -3.13. The van der Waals surface area contributed by atoms with Crippen molar-refractivity contribution in [3.05, 3.63) is 44.2 Å². The van der Waals surface area contributed by atoms with E-state index >= 15 is 0 Å². The first kappa shape index (κ1) is 148. The molecule has 1 aliphatic heterocycles. The third-order valence-electron chi connectivity index (χ3n) is 22.2. The molecule has 38 nitrogen and oxygen atoms in total. The normalized spacial score (nSPS) is 17.7. The van der Waals surface area contributed by atoms with Crippen LogP contribution < -0.4 is 9.80 Å². The lowest BCUT2D eigenvalue weighted by molar-refractivity contribution is -0.929. The van der Waals surface area contributed by atoms with Gasteiger partial charge in [0, 0.05) is 50.9 Å². The average molecular weight is 2240 g/mol.